The number of hydrogen-bond acceptors (Lipinski definition) is 7. The average molecular weight is 492 g/mol. The highest BCUT2D eigenvalue weighted by atomic mass is 19.1. The van der Waals surface area contributed by atoms with Gasteiger partial charge in [-0.1, -0.05) is 12.1 Å². The van der Waals surface area contributed by atoms with Gasteiger partial charge in [-0.2, -0.15) is 0 Å². The van der Waals surface area contributed by atoms with Crippen molar-refractivity contribution in [2.45, 2.75) is 70.6 Å². The number of aromatic nitrogens is 4. The molecular formula is C27H34FN7O. The van der Waals surface area contributed by atoms with Crippen molar-refractivity contribution in [3.05, 3.63) is 36.8 Å². The summed E-state index contributed by atoms with van der Waals surface area (Å²) in [5.41, 5.74) is 2.37. The number of likely N-dealkylation sites (tertiary alicyclic amines) is 1. The van der Waals surface area contributed by atoms with Crippen LogP contribution in [0.1, 0.15) is 52.4 Å². The van der Waals surface area contributed by atoms with Gasteiger partial charge in [0.25, 0.3) is 0 Å². The van der Waals surface area contributed by atoms with Crippen molar-refractivity contribution in [3.63, 3.8) is 0 Å². The van der Waals surface area contributed by atoms with E-state index in [-0.39, 0.29) is 17.8 Å². The second kappa shape index (κ2) is 10.8. The summed E-state index contributed by atoms with van der Waals surface area (Å²) < 4.78 is 13.4. The third-order valence-corrected chi connectivity index (χ3v) is 7.39. The van der Waals surface area contributed by atoms with Crippen molar-refractivity contribution in [1.29, 1.82) is 0 Å². The van der Waals surface area contributed by atoms with Crippen LogP contribution in [0.3, 0.4) is 0 Å². The van der Waals surface area contributed by atoms with E-state index >= 15 is 0 Å². The first kappa shape index (κ1) is 24.5. The second-order valence-electron chi connectivity index (χ2n) is 10.2. The van der Waals surface area contributed by atoms with Gasteiger partial charge in [0, 0.05) is 48.2 Å². The Kier molecular flexibility index (Phi) is 7.36. The van der Waals surface area contributed by atoms with Crippen LogP contribution in [0.15, 0.2) is 36.8 Å². The van der Waals surface area contributed by atoms with Gasteiger partial charge in [-0.3, -0.25) is 15.1 Å². The molecule has 0 atom stereocenters. The number of anilines is 2. The summed E-state index contributed by atoms with van der Waals surface area (Å²) in [5, 5.41) is 7.24. The zero-order valence-corrected chi connectivity index (χ0v) is 21.0. The molecule has 3 heterocycles. The molecule has 1 aromatic carbocycles. The van der Waals surface area contributed by atoms with Crippen molar-refractivity contribution in [2.24, 2.45) is 5.92 Å². The highest BCUT2D eigenvalue weighted by Gasteiger charge is 2.26. The fraction of sp³-hybridized carbons (Fsp3) is 0.519. The van der Waals surface area contributed by atoms with Crippen molar-refractivity contribution >= 4 is 28.6 Å². The summed E-state index contributed by atoms with van der Waals surface area (Å²) in [6.45, 7) is 6.66. The van der Waals surface area contributed by atoms with E-state index in [1.54, 1.807) is 18.6 Å². The topological polar surface area (TPSA) is 95.9 Å². The Morgan fingerprint density at radius 1 is 1.03 bits per heavy atom. The van der Waals surface area contributed by atoms with Crippen LogP contribution < -0.4 is 10.6 Å². The van der Waals surface area contributed by atoms with Gasteiger partial charge in [-0.15, -0.1) is 0 Å². The number of carbonyl (C=O) groups excluding carboxylic acids is 1. The quantitative estimate of drug-likeness (QED) is 0.509. The lowest BCUT2D eigenvalue weighted by Gasteiger charge is -2.35. The number of fused-ring (bicyclic) bond motifs is 1. The summed E-state index contributed by atoms with van der Waals surface area (Å²) in [4.78, 5) is 33.2. The van der Waals surface area contributed by atoms with Crippen molar-refractivity contribution in [3.8, 4) is 11.3 Å². The minimum absolute atomic E-state index is 0.138. The monoisotopic (exact) mass is 491 g/mol. The lowest BCUT2D eigenvalue weighted by atomic mass is 9.87. The number of amides is 1. The minimum atomic E-state index is -0.793. The highest BCUT2D eigenvalue weighted by Crippen LogP contribution is 2.28. The molecule has 5 rings (SSSR count). The third-order valence-electron chi connectivity index (χ3n) is 7.39. The highest BCUT2D eigenvalue weighted by molar-refractivity contribution is 5.92. The van der Waals surface area contributed by atoms with E-state index in [0.29, 0.717) is 43.3 Å². The van der Waals surface area contributed by atoms with Gasteiger partial charge in [0.15, 0.2) is 0 Å². The number of rotatable bonds is 6. The standard InChI is InChI=1S/C27H34FN7O/c1-17(2)35-11-9-22(10-12-35)31-25-16-29-15-24(32-25)19-3-4-20-14-30-27(33-23(20)13-19)34-26(36)18-5-7-21(28)8-6-18/h3-4,13-18,21-22H,5-12H2,1-2H3,(H,31,32)(H,30,33,34,36). The van der Waals surface area contributed by atoms with Crippen molar-refractivity contribution in [2.75, 3.05) is 23.7 Å². The molecule has 2 aliphatic rings. The average Bonchev–Trinajstić information content (AvgIpc) is 2.89. The van der Waals surface area contributed by atoms with Gasteiger partial charge < -0.3 is 10.2 Å². The molecule has 2 N–H and O–H groups in total. The van der Waals surface area contributed by atoms with Crippen LogP contribution in [-0.2, 0) is 4.79 Å². The number of nitrogens with zero attached hydrogens (tertiary/aromatic N) is 5. The van der Waals surface area contributed by atoms with Gasteiger partial charge in [-0.05, 0) is 58.4 Å². The van der Waals surface area contributed by atoms with Crippen LogP contribution in [-0.4, -0.2) is 62.1 Å². The van der Waals surface area contributed by atoms with E-state index < -0.39 is 6.17 Å². The van der Waals surface area contributed by atoms with Crippen LogP contribution in [0.25, 0.3) is 22.2 Å². The first-order chi connectivity index (χ1) is 17.4. The molecule has 1 aliphatic heterocycles. The molecule has 1 aliphatic carbocycles. The first-order valence-corrected chi connectivity index (χ1v) is 13.0. The van der Waals surface area contributed by atoms with E-state index in [1.165, 1.54) is 0 Å². The Labute approximate surface area is 211 Å². The lowest BCUT2D eigenvalue weighted by molar-refractivity contribution is -0.121. The van der Waals surface area contributed by atoms with Gasteiger partial charge >= 0.3 is 0 Å². The number of hydrogen-bond donors (Lipinski definition) is 2. The maximum Gasteiger partial charge on any atom is 0.229 e. The molecular weight excluding hydrogens is 457 g/mol. The molecule has 2 aromatic heterocycles. The number of alkyl halides is 1. The third kappa shape index (κ3) is 5.78. The Morgan fingerprint density at radius 3 is 2.56 bits per heavy atom. The van der Waals surface area contributed by atoms with Crippen LogP contribution in [0.5, 0.6) is 0 Å². The molecule has 9 heteroatoms. The maximum absolute atomic E-state index is 13.4. The molecule has 0 unspecified atom stereocenters. The summed E-state index contributed by atoms with van der Waals surface area (Å²) in [7, 11) is 0. The van der Waals surface area contributed by atoms with E-state index in [4.69, 9.17) is 4.98 Å². The van der Waals surface area contributed by atoms with Crippen molar-refractivity contribution < 1.29 is 9.18 Å². The predicted molar refractivity (Wildman–Crippen MR) is 139 cm³/mol. The molecule has 0 bridgehead atoms. The summed E-state index contributed by atoms with van der Waals surface area (Å²) in [6, 6.07) is 6.84. The van der Waals surface area contributed by atoms with Crippen LogP contribution in [0, 0.1) is 5.92 Å². The van der Waals surface area contributed by atoms with Gasteiger partial charge in [0.2, 0.25) is 11.9 Å². The summed E-state index contributed by atoms with van der Waals surface area (Å²) in [6.07, 6.45) is 8.59. The lowest BCUT2D eigenvalue weighted by Crippen LogP contribution is -2.42. The molecule has 1 saturated carbocycles. The van der Waals surface area contributed by atoms with Crippen LogP contribution in [0.2, 0.25) is 0 Å². The number of benzene rings is 1. The zero-order valence-electron chi connectivity index (χ0n) is 21.0. The maximum atomic E-state index is 13.4. The van der Waals surface area contributed by atoms with E-state index in [0.717, 1.165) is 48.4 Å². The van der Waals surface area contributed by atoms with E-state index in [1.807, 2.05) is 18.2 Å². The van der Waals surface area contributed by atoms with Gasteiger partial charge in [0.05, 0.1) is 23.6 Å². The molecule has 8 nitrogen and oxygen atoms in total. The smallest absolute Gasteiger partial charge is 0.229 e. The molecule has 1 saturated heterocycles. The van der Waals surface area contributed by atoms with Gasteiger partial charge in [-0.25, -0.2) is 19.3 Å². The second-order valence-corrected chi connectivity index (χ2v) is 10.2. The Morgan fingerprint density at radius 2 is 1.81 bits per heavy atom. The number of nitrogens with one attached hydrogen (secondary N) is 2. The number of piperidine rings is 1. The number of halogens is 1. The van der Waals surface area contributed by atoms with E-state index in [2.05, 4.69) is 44.3 Å². The zero-order chi connectivity index (χ0) is 25.1. The summed E-state index contributed by atoms with van der Waals surface area (Å²) in [5.74, 6) is 0.711. The molecule has 3 aromatic rings. The Bertz CT molecular complexity index is 1200. The van der Waals surface area contributed by atoms with Gasteiger partial charge in [0.1, 0.15) is 12.0 Å². The molecule has 1 amide bonds. The van der Waals surface area contributed by atoms with Crippen molar-refractivity contribution in [1.82, 2.24) is 24.8 Å². The Hall–Kier alpha value is -3.20. The van der Waals surface area contributed by atoms with E-state index in [9.17, 15) is 9.18 Å². The van der Waals surface area contributed by atoms with Crippen LogP contribution >= 0.6 is 0 Å². The van der Waals surface area contributed by atoms with Crippen LogP contribution in [0.4, 0.5) is 16.2 Å². The number of carbonyl (C=O) groups is 1. The summed E-state index contributed by atoms with van der Waals surface area (Å²) >= 11 is 0. The first-order valence-electron chi connectivity index (χ1n) is 13.0. The molecule has 0 radical (unpaired) electrons. The Balaban J connectivity index is 1.28. The largest absolute Gasteiger partial charge is 0.366 e. The SMILES string of the molecule is CC(C)N1CCC(Nc2cncc(-c3ccc4cnc(NC(=O)C5CCC(F)CC5)nc4c3)n2)CC1. The molecule has 190 valence electrons. The fourth-order valence-corrected chi connectivity index (χ4v) is 5.11. The minimum Gasteiger partial charge on any atom is -0.366 e. The molecule has 36 heavy (non-hydrogen) atoms. The molecule has 0 spiro atoms. The fourth-order valence-electron chi connectivity index (χ4n) is 5.11. The predicted octanol–water partition coefficient (Wildman–Crippen LogP) is 4.84. The normalized spacial score (nSPS) is 21.6. The molecule has 2 fully saturated rings.